The molecule has 1 saturated heterocycles. The van der Waals surface area contributed by atoms with Crippen LogP contribution in [0.5, 0.6) is 0 Å². The highest BCUT2D eigenvalue weighted by Crippen LogP contribution is 2.53. The first kappa shape index (κ1) is 25.8. The summed E-state index contributed by atoms with van der Waals surface area (Å²) in [7, 11) is -1.23. The third kappa shape index (κ3) is 7.85. The quantitative estimate of drug-likeness (QED) is 0.547. The number of benzene rings is 2. The predicted molar refractivity (Wildman–Crippen MR) is 138 cm³/mol. The van der Waals surface area contributed by atoms with Crippen molar-refractivity contribution in [2.45, 2.75) is 38.5 Å². The minimum atomic E-state index is -1.23. The summed E-state index contributed by atoms with van der Waals surface area (Å²) >= 11 is 0. The van der Waals surface area contributed by atoms with Crippen LogP contribution in [0.25, 0.3) is 0 Å². The molecule has 1 heterocycles. The lowest BCUT2D eigenvalue weighted by Crippen LogP contribution is -2.38. The van der Waals surface area contributed by atoms with Gasteiger partial charge >= 0.3 is 0 Å². The average Bonchev–Trinajstić information content (AvgIpc) is 2.99. The number of rotatable bonds is 8. The minimum absolute atomic E-state index is 0.101. The Balaban J connectivity index is 1.67. The molecule has 0 radical (unpaired) electrons. The zero-order valence-electron chi connectivity index (χ0n) is 20.8. The molecule has 0 N–H and O–H groups in total. The number of carbonyl (C=O) groups excluding carboxylic acids is 1. The molecule has 0 bridgehead atoms. The van der Waals surface area contributed by atoms with Gasteiger partial charge in [0.1, 0.15) is 0 Å². The zero-order chi connectivity index (χ0) is 23.9. The lowest BCUT2D eigenvalue weighted by molar-refractivity contribution is -0.173. The number of amides is 1. The molecule has 0 saturated carbocycles. The second-order valence-corrected chi connectivity index (χ2v) is 14.1. The van der Waals surface area contributed by atoms with Crippen molar-refractivity contribution >= 4 is 16.2 Å². The molecule has 1 amide bonds. The van der Waals surface area contributed by atoms with Gasteiger partial charge in [0.2, 0.25) is 5.91 Å². The van der Waals surface area contributed by atoms with Crippen LogP contribution < -0.4 is 0 Å². The Morgan fingerprint density at radius 2 is 1.55 bits per heavy atom. The van der Waals surface area contributed by atoms with Gasteiger partial charge in [-0.1, -0.05) is 81.4 Å². The van der Waals surface area contributed by atoms with Crippen LogP contribution in [-0.4, -0.2) is 65.9 Å². The van der Waals surface area contributed by atoms with E-state index in [1.165, 1.54) is 0 Å². The Bertz CT molecular complexity index is 868. The van der Waals surface area contributed by atoms with Gasteiger partial charge in [0.15, 0.2) is 0 Å². The van der Waals surface area contributed by atoms with Gasteiger partial charge in [-0.15, -0.1) is 10.3 Å². The first-order chi connectivity index (χ1) is 15.6. The predicted octanol–water partition coefficient (Wildman–Crippen LogP) is 4.92. The molecule has 3 rings (SSSR count). The van der Waals surface area contributed by atoms with Crippen molar-refractivity contribution in [2.75, 3.05) is 45.3 Å². The van der Waals surface area contributed by atoms with Gasteiger partial charge in [-0.2, -0.15) is 5.06 Å². The summed E-state index contributed by atoms with van der Waals surface area (Å²) in [5.41, 5.74) is 2.19. The molecule has 33 heavy (non-hydrogen) atoms. The molecule has 0 spiro atoms. The standard InChI is InChI=1S/C27H40N2O3S/c1-27(2,3)33(4,5)32-22-25-19-28(26(30)18-23-12-8-6-9-13-23)16-17-29(20-25)31-21-24-14-10-7-11-15-24/h6-15,25H,16-22H2,1-5H3. The number of nitrogens with zero attached hydrogens (tertiary/aromatic N) is 2. The van der Waals surface area contributed by atoms with Crippen molar-refractivity contribution in [1.29, 1.82) is 0 Å². The second kappa shape index (κ2) is 11.5. The fraction of sp³-hybridized carbons (Fsp3) is 0.519. The Labute approximate surface area is 201 Å². The van der Waals surface area contributed by atoms with Crippen molar-refractivity contribution in [3.05, 3.63) is 71.8 Å². The van der Waals surface area contributed by atoms with Crippen molar-refractivity contribution < 1.29 is 13.8 Å². The Morgan fingerprint density at radius 3 is 2.15 bits per heavy atom. The van der Waals surface area contributed by atoms with Gasteiger partial charge in [-0.05, 0) is 23.6 Å². The van der Waals surface area contributed by atoms with E-state index in [1.54, 1.807) is 0 Å². The maximum Gasteiger partial charge on any atom is 0.227 e. The maximum atomic E-state index is 13.1. The molecule has 2 aromatic carbocycles. The summed E-state index contributed by atoms with van der Waals surface area (Å²) in [4.78, 5) is 21.3. The molecule has 0 aromatic heterocycles. The van der Waals surface area contributed by atoms with E-state index in [2.05, 4.69) is 45.4 Å². The van der Waals surface area contributed by atoms with Gasteiger partial charge in [0.25, 0.3) is 0 Å². The summed E-state index contributed by atoms with van der Waals surface area (Å²) in [6, 6.07) is 20.2. The van der Waals surface area contributed by atoms with Crippen LogP contribution in [0, 0.1) is 5.92 Å². The van der Waals surface area contributed by atoms with E-state index >= 15 is 0 Å². The monoisotopic (exact) mass is 472 g/mol. The van der Waals surface area contributed by atoms with Crippen LogP contribution in [0.1, 0.15) is 31.9 Å². The SMILES string of the molecule is CC(C)(C)S(C)(C)OCC1CN(OCc2ccccc2)CCN(C(=O)Cc2ccccc2)C1. The average molecular weight is 473 g/mol. The molecular weight excluding hydrogens is 432 g/mol. The number of hydrogen-bond donors (Lipinski definition) is 0. The van der Waals surface area contributed by atoms with Crippen LogP contribution in [0.2, 0.25) is 0 Å². The molecule has 1 aliphatic heterocycles. The van der Waals surface area contributed by atoms with E-state index in [0.29, 0.717) is 39.3 Å². The molecule has 182 valence electrons. The highest BCUT2D eigenvalue weighted by Gasteiger charge is 2.32. The van der Waals surface area contributed by atoms with Gasteiger partial charge in [-0.3, -0.25) is 9.63 Å². The highest BCUT2D eigenvalue weighted by atomic mass is 32.3. The van der Waals surface area contributed by atoms with Crippen LogP contribution >= 0.6 is 10.3 Å². The molecule has 1 unspecified atom stereocenters. The van der Waals surface area contributed by atoms with Crippen LogP contribution in [0.3, 0.4) is 0 Å². The van der Waals surface area contributed by atoms with Crippen molar-refractivity contribution in [2.24, 2.45) is 5.92 Å². The van der Waals surface area contributed by atoms with Gasteiger partial charge in [0, 0.05) is 36.8 Å². The van der Waals surface area contributed by atoms with E-state index in [0.717, 1.165) is 17.7 Å². The fourth-order valence-electron chi connectivity index (χ4n) is 3.59. The summed E-state index contributed by atoms with van der Waals surface area (Å²) in [6.45, 7) is 10.7. The van der Waals surface area contributed by atoms with E-state index in [9.17, 15) is 4.79 Å². The van der Waals surface area contributed by atoms with Gasteiger partial charge in [-0.25, -0.2) is 0 Å². The highest BCUT2D eigenvalue weighted by molar-refractivity contribution is 8.29. The summed E-state index contributed by atoms with van der Waals surface area (Å²) in [5.74, 6) is 0.357. The molecule has 1 aliphatic rings. The van der Waals surface area contributed by atoms with E-state index < -0.39 is 10.3 Å². The Morgan fingerprint density at radius 1 is 0.939 bits per heavy atom. The molecule has 6 heteroatoms. The molecule has 0 aliphatic carbocycles. The topological polar surface area (TPSA) is 42.0 Å². The summed E-state index contributed by atoms with van der Waals surface area (Å²) in [5, 5.41) is 2.02. The van der Waals surface area contributed by atoms with Crippen LogP contribution in [0.4, 0.5) is 0 Å². The number of hydroxylamine groups is 2. The fourth-order valence-corrected chi connectivity index (χ4v) is 4.47. The Kier molecular flexibility index (Phi) is 8.99. The smallest absolute Gasteiger partial charge is 0.227 e. The number of carbonyl (C=O) groups is 1. The van der Waals surface area contributed by atoms with E-state index in [-0.39, 0.29) is 16.6 Å². The summed E-state index contributed by atoms with van der Waals surface area (Å²) < 4.78 is 6.61. The second-order valence-electron chi connectivity index (χ2n) is 10.1. The number of hydrogen-bond acceptors (Lipinski definition) is 4. The van der Waals surface area contributed by atoms with Crippen molar-refractivity contribution in [3.8, 4) is 0 Å². The van der Waals surface area contributed by atoms with E-state index in [1.807, 2.05) is 58.5 Å². The molecule has 2 aromatic rings. The molecule has 5 nitrogen and oxygen atoms in total. The van der Waals surface area contributed by atoms with Crippen molar-refractivity contribution in [3.63, 3.8) is 0 Å². The maximum absolute atomic E-state index is 13.1. The first-order valence-corrected chi connectivity index (χ1v) is 14.1. The van der Waals surface area contributed by atoms with Gasteiger partial charge < -0.3 is 9.08 Å². The zero-order valence-corrected chi connectivity index (χ0v) is 21.6. The van der Waals surface area contributed by atoms with Crippen LogP contribution in [-0.2, 0) is 26.8 Å². The van der Waals surface area contributed by atoms with Gasteiger partial charge in [0.05, 0.1) is 19.6 Å². The molecule has 1 atom stereocenters. The largest absolute Gasteiger partial charge is 0.341 e. The third-order valence-corrected chi connectivity index (χ3v) is 10.1. The normalized spacial score (nSPS) is 18.7. The lowest BCUT2D eigenvalue weighted by Gasteiger charge is -2.44. The first-order valence-electron chi connectivity index (χ1n) is 11.7. The van der Waals surface area contributed by atoms with Crippen LogP contribution in [0.15, 0.2) is 60.7 Å². The summed E-state index contributed by atoms with van der Waals surface area (Å²) in [6.07, 6.45) is 4.88. The van der Waals surface area contributed by atoms with Crippen molar-refractivity contribution in [1.82, 2.24) is 9.96 Å². The third-order valence-electron chi connectivity index (χ3n) is 6.44. The molecular formula is C27H40N2O3S. The minimum Gasteiger partial charge on any atom is -0.341 e. The van der Waals surface area contributed by atoms with E-state index in [4.69, 9.17) is 9.02 Å². The molecule has 1 fully saturated rings. The lowest BCUT2D eigenvalue weighted by atomic mass is 10.1. The Hall–Kier alpha value is -1.86.